The molecule has 0 spiro atoms. The summed E-state index contributed by atoms with van der Waals surface area (Å²) < 4.78 is 31.6. The normalized spacial score (nSPS) is 7.73. The van der Waals surface area contributed by atoms with E-state index in [0.717, 1.165) is 0 Å². The third-order valence-electron chi connectivity index (χ3n) is 0. The first-order chi connectivity index (χ1) is 3.73. The van der Waals surface area contributed by atoms with Gasteiger partial charge in [0.05, 0.1) is 0 Å². The van der Waals surface area contributed by atoms with Gasteiger partial charge >= 0.3 is 73.2 Å². The fraction of sp³-hybridized carbons (Fsp3) is 0. The monoisotopic (exact) mass is 300 g/mol. The van der Waals surface area contributed by atoms with E-state index < -0.39 is 21.8 Å². The summed E-state index contributed by atoms with van der Waals surface area (Å²) in [5, 5.41) is 0. The van der Waals surface area contributed by atoms with Crippen molar-refractivity contribution in [1.82, 2.24) is 0 Å². The predicted octanol–water partition coefficient (Wildman–Crippen LogP) is -0.798. The Kier molecular flexibility index (Phi) is 29.2. The van der Waals surface area contributed by atoms with Gasteiger partial charge in [0.2, 0.25) is 0 Å². The fourth-order valence-corrected chi connectivity index (χ4v) is 0. The molecule has 0 aliphatic heterocycles. The Morgan fingerprint density at radius 1 is 1.09 bits per heavy atom. The van der Waals surface area contributed by atoms with E-state index in [-0.39, 0.29) is 68.7 Å². The van der Waals surface area contributed by atoms with Gasteiger partial charge in [-0.2, -0.15) is 8.42 Å². The minimum absolute atomic E-state index is 0. The van der Waals surface area contributed by atoms with Gasteiger partial charge in [-0.3, -0.25) is 9.11 Å². The Bertz CT molecular complexity index is 135. The topological polar surface area (TPSA) is 74.6 Å². The van der Waals surface area contributed by atoms with E-state index >= 15 is 0 Å². The van der Waals surface area contributed by atoms with E-state index in [4.69, 9.17) is 47.7 Å². The van der Waals surface area contributed by atoms with E-state index in [9.17, 15) is 0 Å². The molecular formula is H6Al2Cl3KO4S. The van der Waals surface area contributed by atoms with Crippen molar-refractivity contribution in [2.75, 3.05) is 0 Å². The maximum atomic E-state index is 8.74. The number of rotatable bonds is 0. The second kappa shape index (κ2) is 13.4. The Labute approximate surface area is 135 Å². The van der Waals surface area contributed by atoms with Gasteiger partial charge < -0.3 is 0 Å². The van der Waals surface area contributed by atoms with E-state index in [1.54, 1.807) is 0 Å². The van der Waals surface area contributed by atoms with Gasteiger partial charge in [-0.05, 0) is 0 Å². The molecular weight excluding hydrogens is 295 g/mol. The molecule has 0 saturated carbocycles. The number of hydrogen-bond donors (Lipinski definition) is 2. The van der Waals surface area contributed by atoms with Crippen molar-refractivity contribution < 1.29 is 17.5 Å². The zero-order chi connectivity index (χ0) is 8.08. The van der Waals surface area contributed by atoms with Crippen molar-refractivity contribution in [3.8, 4) is 0 Å². The predicted molar refractivity (Wildman–Crippen MR) is 54.6 cm³/mol. The summed E-state index contributed by atoms with van der Waals surface area (Å²) in [6.07, 6.45) is 0. The molecule has 0 rings (SSSR count). The molecule has 0 atom stereocenters. The first-order valence-electron chi connectivity index (χ1n) is 1.35. The second-order valence-electron chi connectivity index (χ2n) is 0.695. The van der Waals surface area contributed by atoms with Crippen LogP contribution in [0.15, 0.2) is 0 Å². The zero-order valence-corrected chi connectivity index (χ0v) is 8.07. The SMILES string of the molecule is O=S(=O)(O)O.[AlH3].[Cl][Al]([Cl])[Cl].[KH]. The molecule has 11 heavy (non-hydrogen) atoms. The van der Waals surface area contributed by atoms with Crippen LogP contribution in [0, 0.1) is 0 Å². The van der Waals surface area contributed by atoms with Gasteiger partial charge in [-0.15, -0.1) is 0 Å². The van der Waals surface area contributed by atoms with Crippen LogP contribution in [-0.2, 0) is 10.4 Å². The number of hydrogen-bond acceptors (Lipinski definition) is 2. The molecule has 11 heteroatoms. The molecule has 64 valence electrons. The van der Waals surface area contributed by atoms with Crippen molar-refractivity contribution in [2.45, 2.75) is 0 Å². The molecule has 4 nitrogen and oxygen atoms in total. The third kappa shape index (κ3) is 149. The molecule has 0 saturated heterocycles. The molecule has 2 N–H and O–H groups in total. The quantitative estimate of drug-likeness (QED) is 0.454. The Balaban J connectivity index is -0.0000000383. The zero-order valence-electron chi connectivity index (χ0n) is 3.83. The van der Waals surface area contributed by atoms with Crippen molar-refractivity contribution in [3.63, 3.8) is 0 Å². The average Bonchev–Trinajstić information content (AvgIpc) is 1.19. The van der Waals surface area contributed by atoms with Crippen molar-refractivity contribution in [2.24, 2.45) is 0 Å². The summed E-state index contributed by atoms with van der Waals surface area (Å²) in [7, 11) is 10.2. The Hall–Kier alpha value is 3.44. The first-order valence-corrected chi connectivity index (χ1v) is 7.99. The van der Waals surface area contributed by atoms with E-state index in [1.165, 1.54) is 0 Å². The standard InChI is InChI=1S/2Al.3ClH.K.H2O4S.4H/c;;;;;;1-5(2,3)4;;;;/h;;3*1H;;(H2,1,2,3,4);;;;/q;+3;;;;;;;;;/p-3. The van der Waals surface area contributed by atoms with Gasteiger partial charge in [0, 0.05) is 0 Å². The minimum atomic E-state index is -4.67. The molecule has 0 aliphatic rings. The average molecular weight is 302 g/mol. The van der Waals surface area contributed by atoms with Gasteiger partial charge in [0.1, 0.15) is 0 Å². The van der Waals surface area contributed by atoms with Gasteiger partial charge in [-0.25, -0.2) is 30.1 Å². The van der Waals surface area contributed by atoms with Gasteiger partial charge in [-0.1, -0.05) is 0 Å². The third-order valence-corrected chi connectivity index (χ3v) is 0. The number of halogens is 3. The van der Waals surface area contributed by atoms with Crippen molar-refractivity contribution in [3.05, 3.63) is 0 Å². The van der Waals surface area contributed by atoms with Crippen LogP contribution in [0.5, 0.6) is 0 Å². The first kappa shape index (κ1) is 23.9. The molecule has 0 aromatic heterocycles. The van der Waals surface area contributed by atoms with Crippen LogP contribution in [-0.4, -0.2) is 97.7 Å². The van der Waals surface area contributed by atoms with Crippen LogP contribution in [0.3, 0.4) is 0 Å². The molecule has 0 aromatic rings. The van der Waals surface area contributed by atoms with Crippen LogP contribution in [0.2, 0.25) is 0 Å². The Morgan fingerprint density at radius 2 is 1.09 bits per heavy atom. The maximum absolute atomic E-state index is 8.74. The van der Waals surface area contributed by atoms with E-state index in [2.05, 4.69) is 0 Å². The van der Waals surface area contributed by atoms with Crippen molar-refractivity contribution >= 4 is 121 Å². The van der Waals surface area contributed by atoms with E-state index in [1.807, 2.05) is 0 Å². The Morgan fingerprint density at radius 3 is 1.09 bits per heavy atom. The van der Waals surface area contributed by atoms with Crippen LogP contribution in [0.25, 0.3) is 0 Å². The molecule has 0 aromatic carbocycles. The molecule has 0 radical (unpaired) electrons. The summed E-state index contributed by atoms with van der Waals surface area (Å²) >= 11 is -1.72. The fourth-order valence-electron chi connectivity index (χ4n) is 0. The summed E-state index contributed by atoms with van der Waals surface area (Å²) in [4.78, 5) is 0. The summed E-state index contributed by atoms with van der Waals surface area (Å²) in [6, 6.07) is 0. The summed E-state index contributed by atoms with van der Waals surface area (Å²) in [5.41, 5.74) is 0. The van der Waals surface area contributed by atoms with E-state index in [0.29, 0.717) is 0 Å². The summed E-state index contributed by atoms with van der Waals surface area (Å²) in [6.45, 7) is 0. The van der Waals surface area contributed by atoms with Crippen LogP contribution >= 0.6 is 30.1 Å². The molecule has 0 heterocycles. The molecule has 0 fully saturated rings. The molecule has 0 amide bonds. The van der Waals surface area contributed by atoms with Crippen molar-refractivity contribution in [1.29, 1.82) is 0 Å². The van der Waals surface area contributed by atoms with Gasteiger partial charge in [0.25, 0.3) is 0 Å². The van der Waals surface area contributed by atoms with Crippen LogP contribution < -0.4 is 0 Å². The summed E-state index contributed by atoms with van der Waals surface area (Å²) in [5.74, 6) is 0. The molecule has 0 aliphatic carbocycles. The van der Waals surface area contributed by atoms with Gasteiger partial charge in [0.15, 0.2) is 17.4 Å². The van der Waals surface area contributed by atoms with Crippen LogP contribution in [0.1, 0.15) is 0 Å². The molecule has 0 unspecified atom stereocenters. The second-order valence-corrected chi connectivity index (χ2v) is 8.02. The molecule has 0 bridgehead atoms. The van der Waals surface area contributed by atoms with Crippen LogP contribution in [0.4, 0.5) is 0 Å².